The Kier molecular flexibility index (Phi) is 5.78. The van der Waals surface area contributed by atoms with Crippen LogP contribution < -0.4 is 0 Å². The number of piperazine rings is 1. The number of halogens is 1. The van der Waals surface area contributed by atoms with Gasteiger partial charge in [0.25, 0.3) is 0 Å². The van der Waals surface area contributed by atoms with Gasteiger partial charge in [-0.3, -0.25) is 4.90 Å². The van der Waals surface area contributed by atoms with Gasteiger partial charge in [-0.2, -0.15) is 4.31 Å². The average Bonchev–Trinajstić information content (AvgIpc) is 2.63. The van der Waals surface area contributed by atoms with E-state index in [0.29, 0.717) is 26.2 Å². The van der Waals surface area contributed by atoms with Crippen LogP contribution in [0.4, 0.5) is 4.39 Å². The molecule has 7 heteroatoms. The van der Waals surface area contributed by atoms with Crippen LogP contribution in [0.25, 0.3) is 0 Å². The van der Waals surface area contributed by atoms with E-state index in [1.54, 1.807) is 11.8 Å². The van der Waals surface area contributed by atoms with Crippen molar-refractivity contribution in [2.45, 2.75) is 16.3 Å². The van der Waals surface area contributed by atoms with Gasteiger partial charge in [0.2, 0.25) is 10.0 Å². The molecule has 0 unspecified atom stereocenters. The maximum absolute atomic E-state index is 13.0. The zero-order valence-electron chi connectivity index (χ0n) is 14.1. The molecule has 1 aliphatic rings. The van der Waals surface area contributed by atoms with Crippen molar-refractivity contribution in [2.24, 2.45) is 0 Å². The van der Waals surface area contributed by atoms with Gasteiger partial charge < -0.3 is 0 Å². The molecule has 0 N–H and O–H groups in total. The van der Waals surface area contributed by atoms with Crippen LogP contribution in [-0.2, 0) is 16.6 Å². The summed E-state index contributed by atoms with van der Waals surface area (Å²) in [5, 5.41) is 0. The van der Waals surface area contributed by atoms with Gasteiger partial charge in [0, 0.05) is 37.6 Å². The van der Waals surface area contributed by atoms with E-state index in [9.17, 15) is 12.8 Å². The van der Waals surface area contributed by atoms with E-state index in [-0.39, 0.29) is 4.90 Å². The van der Waals surface area contributed by atoms with Gasteiger partial charge in [-0.1, -0.05) is 12.1 Å². The zero-order valence-corrected chi connectivity index (χ0v) is 15.7. The van der Waals surface area contributed by atoms with E-state index < -0.39 is 15.8 Å². The fraction of sp³-hybridized carbons (Fsp3) is 0.333. The molecule has 0 spiro atoms. The smallest absolute Gasteiger partial charge is 0.243 e. The predicted octanol–water partition coefficient (Wildman–Crippen LogP) is 3.05. The zero-order chi connectivity index (χ0) is 17.9. The molecule has 4 nitrogen and oxygen atoms in total. The summed E-state index contributed by atoms with van der Waals surface area (Å²) in [5.74, 6) is -0.434. The highest BCUT2D eigenvalue weighted by Crippen LogP contribution is 2.20. The molecular formula is C18H21FN2O2S2. The third kappa shape index (κ3) is 4.41. The number of sulfonamides is 1. The minimum absolute atomic E-state index is 0.148. The molecule has 0 aliphatic carbocycles. The molecule has 1 saturated heterocycles. The Bertz CT molecular complexity index is 800. The number of hydrogen-bond acceptors (Lipinski definition) is 4. The van der Waals surface area contributed by atoms with E-state index in [1.807, 2.05) is 0 Å². The topological polar surface area (TPSA) is 40.6 Å². The molecule has 134 valence electrons. The van der Waals surface area contributed by atoms with E-state index in [1.165, 1.54) is 39.0 Å². The first-order valence-corrected chi connectivity index (χ1v) is 10.8. The molecule has 1 fully saturated rings. The third-order valence-corrected chi connectivity index (χ3v) is 7.00. The van der Waals surface area contributed by atoms with Gasteiger partial charge in [-0.25, -0.2) is 12.8 Å². The van der Waals surface area contributed by atoms with Crippen LogP contribution in [-0.4, -0.2) is 50.1 Å². The number of rotatable bonds is 5. The molecule has 1 aliphatic heterocycles. The maximum atomic E-state index is 13.0. The molecule has 0 radical (unpaired) electrons. The lowest BCUT2D eigenvalue weighted by atomic mass is 10.2. The molecule has 2 aromatic carbocycles. The highest BCUT2D eigenvalue weighted by molar-refractivity contribution is 7.98. The van der Waals surface area contributed by atoms with Crippen molar-refractivity contribution in [1.82, 2.24) is 9.21 Å². The van der Waals surface area contributed by atoms with E-state index in [2.05, 4.69) is 35.4 Å². The monoisotopic (exact) mass is 380 g/mol. The van der Waals surface area contributed by atoms with Crippen molar-refractivity contribution < 1.29 is 12.8 Å². The average molecular weight is 381 g/mol. The van der Waals surface area contributed by atoms with Crippen LogP contribution in [0.5, 0.6) is 0 Å². The minimum atomic E-state index is -3.55. The summed E-state index contributed by atoms with van der Waals surface area (Å²) < 4.78 is 39.7. The largest absolute Gasteiger partial charge is 0.296 e. The lowest BCUT2D eigenvalue weighted by Gasteiger charge is -2.34. The number of thioether (sulfide) groups is 1. The van der Waals surface area contributed by atoms with Gasteiger partial charge >= 0.3 is 0 Å². The van der Waals surface area contributed by atoms with Crippen molar-refractivity contribution in [1.29, 1.82) is 0 Å². The SMILES string of the molecule is CSc1ccc(CN2CCN(S(=O)(=O)c3ccc(F)cc3)CC2)cc1. The molecule has 0 amide bonds. The van der Waals surface area contributed by atoms with Crippen LogP contribution in [0.2, 0.25) is 0 Å². The summed E-state index contributed by atoms with van der Waals surface area (Å²) in [6.45, 7) is 3.08. The minimum Gasteiger partial charge on any atom is -0.296 e. The second-order valence-corrected chi connectivity index (χ2v) is 8.80. The molecule has 1 heterocycles. The highest BCUT2D eigenvalue weighted by atomic mass is 32.2. The van der Waals surface area contributed by atoms with Gasteiger partial charge in [0.1, 0.15) is 5.82 Å². The Morgan fingerprint density at radius 1 is 0.960 bits per heavy atom. The number of benzene rings is 2. The molecule has 3 rings (SSSR count). The molecule has 2 aromatic rings. The van der Waals surface area contributed by atoms with E-state index >= 15 is 0 Å². The maximum Gasteiger partial charge on any atom is 0.243 e. The van der Waals surface area contributed by atoms with Crippen molar-refractivity contribution in [3.63, 3.8) is 0 Å². The Hall–Kier alpha value is -1.41. The summed E-state index contributed by atoms with van der Waals surface area (Å²) in [6.07, 6.45) is 2.05. The summed E-state index contributed by atoms with van der Waals surface area (Å²) >= 11 is 1.71. The Morgan fingerprint density at radius 2 is 1.56 bits per heavy atom. The molecule has 0 bridgehead atoms. The fourth-order valence-corrected chi connectivity index (χ4v) is 4.70. The first-order valence-electron chi connectivity index (χ1n) is 8.10. The first kappa shape index (κ1) is 18.4. The summed E-state index contributed by atoms with van der Waals surface area (Å²) in [6, 6.07) is 13.5. The first-order chi connectivity index (χ1) is 12.0. The second kappa shape index (κ2) is 7.86. The Labute approximate surface area is 152 Å². The van der Waals surface area contributed by atoms with Crippen molar-refractivity contribution in [3.8, 4) is 0 Å². The van der Waals surface area contributed by atoms with Gasteiger partial charge in [0.05, 0.1) is 4.90 Å². The summed E-state index contributed by atoms with van der Waals surface area (Å²) in [5.41, 5.74) is 1.23. The molecule has 0 atom stereocenters. The van der Waals surface area contributed by atoms with E-state index in [0.717, 1.165) is 6.54 Å². The van der Waals surface area contributed by atoms with Gasteiger partial charge in [-0.05, 0) is 48.2 Å². The second-order valence-electron chi connectivity index (χ2n) is 5.98. The van der Waals surface area contributed by atoms with Crippen molar-refractivity contribution in [2.75, 3.05) is 32.4 Å². The fourth-order valence-electron chi connectivity index (χ4n) is 2.87. The molecule has 0 saturated carbocycles. The van der Waals surface area contributed by atoms with Crippen molar-refractivity contribution in [3.05, 3.63) is 59.9 Å². The number of hydrogen-bond donors (Lipinski definition) is 0. The molecular weight excluding hydrogens is 359 g/mol. The Morgan fingerprint density at radius 3 is 2.12 bits per heavy atom. The third-order valence-electron chi connectivity index (χ3n) is 4.35. The Balaban J connectivity index is 1.60. The number of nitrogens with zero attached hydrogens (tertiary/aromatic N) is 2. The van der Waals surface area contributed by atoms with Crippen LogP contribution in [0.1, 0.15) is 5.56 Å². The van der Waals surface area contributed by atoms with Crippen LogP contribution >= 0.6 is 11.8 Å². The van der Waals surface area contributed by atoms with Crippen LogP contribution in [0.15, 0.2) is 58.3 Å². The van der Waals surface area contributed by atoms with Crippen LogP contribution in [0, 0.1) is 5.82 Å². The quantitative estimate of drug-likeness (QED) is 0.748. The van der Waals surface area contributed by atoms with Gasteiger partial charge in [0.15, 0.2) is 0 Å². The predicted molar refractivity (Wildman–Crippen MR) is 98.7 cm³/mol. The molecule has 0 aromatic heterocycles. The molecule has 25 heavy (non-hydrogen) atoms. The lowest BCUT2D eigenvalue weighted by molar-refractivity contribution is 0.181. The standard InChI is InChI=1S/C18H21FN2O2S2/c1-24-17-6-2-15(3-7-17)14-20-10-12-21(13-11-20)25(22,23)18-8-4-16(19)5-9-18/h2-9H,10-14H2,1H3. The van der Waals surface area contributed by atoms with Crippen molar-refractivity contribution >= 4 is 21.8 Å². The lowest BCUT2D eigenvalue weighted by Crippen LogP contribution is -2.48. The normalized spacial score (nSPS) is 16.9. The van der Waals surface area contributed by atoms with Crippen LogP contribution in [0.3, 0.4) is 0 Å². The summed E-state index contributed by atoms with van der Waals surface area (Å²) in [4.78, 5) is 3.64. The van der Waals surface area contributed by atoms with E-state index in [4.69, 9.17) is 0 Å². The highest BCUT2D eigenvalue weighted by Gasteiger charge is 2.28. The summed E-state index contributed by atoms with van der Waals surface area (Å²) in [7, 11) is -3.55. The van der Waals surface area contributed by atoms with Gasteiger partial charge in [-0.15, -0.1) is 11.8 Å².